The molecule has 0 saturated heterocycles. The number of aromatic nitrogens is 1. The average molecular weight is 379 g/mol. The maximum absolute atomic E-state index is 12.6. The van der Waals surface area contributed by atoms with Crippen LogP contribution in [0.15, 0.2) is 29.6 Å². The third-order valence-corrected chi connectivity index (χ3v) is 5.62. The van der Waals surface area contributed by atoms with Crippen LogP contribution >= 0.6 is 22.9 Å². The lowest BCUT2D eigenvalue weighted by atomic mass is 9.89. The highest BCUT2D eigenvalue weighted by molar-refractivity contribution is 7.09. The van der Waals surface area contributed by atoms with E-state index >= 15 is 0 Å². The van der Waals surface area contributed by atoms with Crippen molar-refractivity contribution in [1.82, 2.24) is 9.88 Å². The molecule has 1 amide bonds. The number of halogens is 1. The van der Waals surface area contributed by atoms with Gasteiger partial charge in [0.2, 0.25) is 0 Å². The molecule has 1 aromatic carbocycles. The lowest BCUT2D eigenvalue weighted by Crippen LogP contribution is -2.32. The van der Waals surface area contributed by atoms with Gasteiger partial charge in [0, 0.05) is 24.0 Å². The summed E-state index contributed by atoms with van der Waals surface area (Å²) in [6, 6.07) is 7.21. The van der Waals surface area contributed by atoms with Crippen molar-refractivity contribution in [1.29, 1.82) is 0 Å². The van der Waals surface area contributed by atoms with E-state index in [1.807, 2.05) is 29.5 Å². The summed E-state index contributed by atoms with van der Waals surface area (Å²) in [5.41, 5.74) is 0.512. The Kier molecular flexibility index (Phi) is 6.32. The van der Waals surface area contributed by atoms with Gasteiger partial charge < -0.3 is 9.64 Å². The summed E-state index contributed by atoms with van der Waals surface area (Å²) in [4.78, 5) is 18.8. The Bertz CT molecular complexity index is 696. The standard InChI is InChI=1S/C19H23ClN2O2S/c1-22(11-14-5-3-2-4-6-14)19(23)17-13-25-18(21-17)12-24-16-9-7-15(20)8-10-16/h7-10,13-14H,2-6,11-12H2,1H3. The minimum Gasteiger partial charge on any atom is -0.486 e. The maximum atomic E-state index is 12.6. The molecule has 0 bridgehead atoms. The highest BCUT2D eigenvalue weighted by Gasteiger charge is 2.21. The largest absolute Gasteiger partial charge is 0.486 e. The Morgan fingerprint density at radius 1 is 1.28 bits per heavy atom. The number of amides is 1. The molecular formula is C19H23ClN2O2S. The molecule has 4 nitrogen and oxygen atoms in total. The van der Waals surface area contributed by atoms with Crippen LogP contribution in [-0.2, 0) is 6.61 Å². The first-order valence-corrected chi connectivity index (χ1v) is 9.96. The second-order valence-corrected chi connectivity index (χ2v) is 7.94. The summed E-state index contributed by atoms with van der Waals surface area (Å²) in [5, 5.41) is 3.29. The number of thiazole rings is 1. The molecule has 1 heterocycles. The van der Waals surface area contributed by atoms with Crippen LogP contribution in [0, 0.1) is 5.92 Å². The van der Waals surface area contributed by atoms with Gasteiger partial charge in [-0.2, -0.15) is 0 Å². The van der Waals surface area contributed by atoms with Crippen molar-refractivity contribution in [2.45, 2.75) is 38.7 Å². The van der Waals surface area contributed by atoms with Crippen LogP contribution in [0.25, 0.3) is 0 Å². The zero-order valence-electron chi connectivity index (χ0n) is 14.4. The first kappa shape index (κ1) is 18.2. The van der Waals surface area contributed by atoms with E-state index in [-0.39, 0.29) is 5.91 Å². The van der Waals surface area contributed by atoms with E-state index in [0.29, 0.717) is 23.2 Å². The van der Waals surface area contributed by atoms with E-state index < -0.39 is 0 Å². The number of ether oxygens (including phenoxy) is 1. The molecule has 0 atom stereocenters. The van der Waals surface area contributed by atoms with Crippen molar-refractivity contribution in [2.24, 2.45) is 5.92 Å². The van der Waals surface area contributed by atoms with Gasteiger partial charge in [-0.1, -0.05) is 30.9 Å². The predicted octanol–water partition coefficient (Wildman–Crippen LogP) is 5.03. The molecule has 0 unspecified atom stereocenters. The minimum atomic E-state index is -0.000401. The van der Waals surface area contributed by atoms with Crippen LogP contribution in [0.3, 0.4) is 0 Å². The zero-order chi connectivity index (χ0) is 17.6. The molecule has 0 N–H and O–H groups in total. The Morgan fingerprint density at radius 3 is 2.72 bits per heavy atom. The monoisotopic (exact) mass is 378 g/mol. The Hall–Kier alpha value is -1.59. The van der Waals surface area contributed by atoms with Gasteiger partial charge in [-0.25, -0.2) is 4.98 Å². The second kappa shape index (κ2) is 8.68. The zero-order valence-corrected chi connectivity index (χ0v) is 16.0. The first-order valence-electron chi connectivity index (χ1n) is 8.70. The van der Waals surface area contributed by atoms with Crippen molar-refractivity contribution in [3.8, 4) is 5.75 Å². The predicted molar refractivity (Wildman–Crippen MR) is 101 cm³/mol. The Balaban J connectivity index is 1.52. The van der Waals surface area contributed by atoms with E-state index in [2.05, 4.69) is 4.98 Å². The quantitative estimate of drug-likeness (QED) is 0.708. The molecule has 25 heavy (non-hydrogen) atoms. The maximum Gasteiger partial charge on any atom is 0.273 e. The third kappa shape index (κ3) is 5.19. The molecule has 1 aromatic heterocycles. The first-order chi connectivity index (χ1) is 12.1. The molecule has 2 aromatic rings. The van der Waals surface area contributed by atoms with Gasteiger partial charge in [0.25, 0.3) is 5.91 Å². The molecule has 1 aliphatic carbocycles. The highest BCUT2D eigenvalue weighted by Crippen LogP contribution is 2.25. The molecule has 0 radical (unpaired) electrons. The number of rotatable bonds is 6. The van der Waals surface area contributed by atoms with Gasteiger partial charge >= 0.3 is 0 Å². The lowest BCUT2D eigenvalue weighted by molar-refractivity contribution is 0.0755. The SMILES string of the molecule is CN(CC1CCCCC1)C(=O)c1csc(COc2ccc(Cl)cc2)n1. The Labute approximate surface area is 157 Å². The topological polar surface area (TPSA) is 42.4 Å². The highest BCUT2D eigenvalue weighted by atomic mass is 35.5. The molecule has 3 rings (SSSR count). The third-order valence-electron chi connectivity index (χ3n) is 4.55. The van der Waals surface area contributed by atoms with Crippen LogP contribution in [0.4, 0.5) is 0 Å². The average Bonchev–Trinajstić information content (AvgIpc) is 3.10. The Morgan fingerprint density at radius 2 is 2.00 bits per heavy atom. The van der Waals surface area contributed by atoms with E-state index in [0.717, 1.165) is 17.3 Å². The molecular weight excluding hydrogens is 356 g/mol. The molecule has 134 valence electrons. The van der Waals surface area contributed by atoms with E-state index in [4.69, 9.17) is 16.3 Å². The summed E-state index contributed by atoms with van der Waals surface area (Å²) in [6.45, 7) is 1.18. The number of benzene rings is 1. The van der Waals surface area contributed by atoms with Gasteiger partial charge in [-0.05, 0) is 43.0 Å². The van der Waals surface area contributed by atoms with E-state index in [9.17, 15) is 4.79 Å². The van der Waals surface area contributed by atoms with Crippen LogP contribution < -0.4 is 4.74 Å². The molecule has 1 aliphatic rings. The van der Waals surface area contributed by atoms with Gasteiger partial charge in [0.15, 0.2) is 0 Å². The molecule has 1 fully saturated rings. The van der Waals surface area contributed by atoms with Crippen LogP contribution in [0.1, 0.15) is 47.6 Å². The van der Waals surface area contributed by atoms with Crippen molar-refractivity contribution >= 4 is 28.8 Å². The number of carbonyl (C=O) groups excluding carboxylic acids is 1. The fraction of sp³-hybridized carbons (Fsp3) is 0.474. The lowest BCUT2D eigenvalue weighted by Gasteiger charge is -2.26. The van der Waals surface area contributed by atoms with Crippen LogP contribution in [0.2, 0.25) is 5.02 Å². The molecule has 0 spiro atoms. The van der Waals surface area contributed by atoms with Gasteiger partial charge in [0.1, 0.15) is 23.1 Å². The molecule has 0 aliphatic heterocycles. The van der Waals surface area contributed by atoms with Crippen LogP contribution in [0.5, 0.6) is 5.75 Å². The second-order valence-electron chi connectivity index (χ2n) is 6.56. The number of nitrogens with zero attached hydrogens (tertiary/aromatic N) is 2. The summed E-state index contributed by atoms with van der Waals surface area (Å²) < 4.78 is 5.69. The summed E-state index contributed by atoms with van der Waals surface area (Å²) in [5.74, 6) is 1.37. The number of carbonyl (C=O) groups is 1. The fourth-order valence-electron chi connectivity index (χ4n) is 3.19. The fourth-order valence-corrected chi connectivity index (χ4v) is 3.99. The smallest absolute Gasteiger partial charge is 0.273 e. The van der Waals surface area contributed by atoms with Gasteiger partial charge in [0.05, 0.1) is 0 Å². The molecule has 1 saturated carbocycles. The summed E-state index contributed by atoms with van der Waals surface area (Å²) in [6.07, 6.45) is 6.37. The van der Waals surface area contributed by atoms with Crippen molar-refractivity contribution in [3.05, 3.63) is 45.4 Å². The minimum absolute atomic E-state index is 0.000401. The normalized spacial score (nSPS) is 15.1. The summed E-state index contributed by atoms with van der Waals surface area (Å²) >= 11 is 7.31. The van der Waals surface area contributed by atoms with E-state index in [1.165, 1.54) is 43.4 Å². The van der Waals surface area contributed by atoms with Crippen LogP contribution in [-0.4, -0.2) is 29.4 Å². The van der Waals surface area contributed by atoms with Crippen molar-refractivity contribution in [2.75, 3.05) is 13.6 Å². The molecule has 6 heteroatoms. The number of hydrogen-bond donors (Lipinski definition) is 0. The van der Waals surface area contributed by atoms with E-state index in [1.54, 1.807) is 12.1 Å². The summed E-state index contributed by atoms with van der Waals surface area (Å²) in [7, 11) is 1.88. The van der Waals surface area contributed by atoms with Crippen molar-refractivity contribution in [3.63, 3.8) is 0 Å². The van der Waals surface area contributed by atoms with Gasteiger partial charge in [-0.15, -0.1) is 11.3 Å². The van der Waals surface area contributed by atoms with Crippen molar-refractivity contribution < 1.29 is 9.53 Å². The van der Waals surface area contributed by atoms with Gasteiger partial charge in [-0.3, -0.25) is 4.79 Å². The number of hydrogen-bond acceptors (Lipinski definition) is 4.